The highest BCUT2D eigenvalue weighted by atomic mass is 16.6. The lowest BCUT2D eigenvalue weighted by atomic mass is 9.72. The van der Waals surface area contributed by atoms with E-state index in [1.807, 2.05) is 95.3 Å². The largest absolute Gasteiger partial charge is 0.462 e. The van der Waals surface area contributed by atoms with Crippen molar-refractivity contribution in [2.75, 3.05) is 0 Å². The number of carbonyl (C=O) groups excluding carboxylic acids is 1. The first-order valence-electron chi connectivity index (χ1n) is 8.55. The van der Waals surface area contributed by atoms with Crippen molar-refractivity contribution in [1.82, 2.24) is 0 Å². The summed E-state index contributed by atoms with van der Waals surface area (Å²) in [5.41, 5.74) is 1.37. The van der Waals surface area contributed by atoms with Gasteiger partial charge >= 0.3 is 5.97 Å². The summed E-state index contributed by atoms with van der Waals surface area (Å²) in [6, 6.07) is 19.8. The van der Waals surface area contributed by atoms with Crippen molar-refractivity contribution in [2.24, 2.45) is 0 Å². The number of cyclic esters (lactones) is 1. The molecular weight excluding hydrogens is 284 g/mol. The van der Waals surface area contributed by atoms with E-state index in [1.165, 1.54) is 0 Å². The van der Waals surface area contributed by atoms with Gasteiger partial charge in [-0.2, -0.15) is 0 Å². The van der Waals surface area contributed by atoms with Gasteiger partial charge in [-0.1, -0.05) is 88.4 Å². The Morgan fingerprint density at radius 2 is 1.22 bits per heavy atom. The highest BCUT2D eigenvalue weighted by Gasteiger charge is 2.50. The van der Waals surface area contributed by atoms with Gasteiger partial charge in [0.2, 0.25) is 0 Å². The highest BCUT2D eigenvalue weighted by molar-refractivity contribution is 5.89. The number of hydrogen-bond acceptors (Lipinski definition) is 2. The quantitative estimate of drug-likeness (QED) is 0.698. The fourth-order valence-corrected chi connectivity index (χ4v) is 2.92. The molecule has 1 unspecified atom stereocenters. The summed E-state index contributed by atoms with van der Waals surface area (Å²) >= 11 is 0. The summed E-state index contributed by atoms with van der Waals surface area (Å²) in [5, 5.41) is 0. The SMILES string of the molecule is CC.CC.CC1CC(c2ccccc2)(c2ccccc2)C(=O)O1. The highest BCUT2D eigenvalue weighted by Crippen LogP contribution is 2.43. The van der Waals surface area contributed by atoms with Crippen molar-refractivity contribution >= 4 is 5.97 Å². The van der Waals surface area contributed by atoms with Crippen LogP contribution in [-0.2, 0) is 14.9 Å². The third-order valence-electron chi connectivity index (χ3n) is 3.78. The molecule has 0 aromatic heterocycles. The van der Waals surface area contributed by atoms with E-state index >= 15 is 0 Å². The number of benzene rings is 2. The zero-order valence-electron chi connectivity index (χ0n) is 14.9. The molecule has 23 heavy (non-hydrogen) atoms. The molecule has 1 fully saturated rings. The Balaban J connectivity index is 0.000000615. The minimum Gasteiger partial charge on any atom is -0.462 e. The molecule has 1 aliphatic rings. The van der Waals surface area contributed by atoms with Crippen molar-refractivity contribution in [3.8, 4) is 0 Å². The summed E-state index contributed by atoms with van der Waals surface area (Å²) in [6.07, 6.45) is 0.646. The zero-order valence-corrected chi connectivity index (χ0v) is 14.9. The zero-order chi connectivity index (χ0) is 17.3. The molecule has 0 aliphatic carbocycles. The maximum Gasteiger partial charge on any atom is 0.321 e. The average Bonchev–Trinajstić information content (AvgIpc) is 2.95. The summed E-state index contributed by atoms with van der Waals surface area (Å²) < 4.78 is 5.45. The lowest BCUT2D eigenvalue weighted by molar-refractivity contribution is -0.144. The average molecular weight is 312 g/mol. The van der Waals surface area contributed by atoms with E-state index in [2.05, 4.69) is 0 Å². The first kappa shape index (κ1) is 19.0. The summed E-state index contributed by atoms with van der Waals surface area (Å²) in [7, 11) is 0. The van der Waals surface area contributed by atoms with Gasteiger partial charge in [0.15, 0.2) is 0 Å². The van der Waals surface area contributed by atoms with Crippen LogP contribution in [0.4, 0.5) is 0 Å². The molecule has 2 aromatic rings. The van der Waals surface area contributed by atoms with E-state index in [4.69, 9.17) is 4.74 Å². The molecule has 2 nitrogen and oxygen atoms in total. The molecule has 2 aromatic carbocycles. The monoisotopic (exact) mass is 312 g/mol. The van der Waals surface area contributed by atoms with Gasteiger partial charge in [0, 0.05) is 6.42 Å². The van der Waals surface area contributed by atoms with Crippen LogP contribution in [0, 0.1) is 0 Å². The number of hydrogen-bond donors (Lipinski definition) is 0. The molecule has 124 valence electrons. The molecule has 2 heteroatoms. The standard InChI is InChI=1S/C17H16O2.2C2H6/c1-13-12-17(16(18)19-13,14-8-4-2-5-9-14)15-10-6-3-7-11-15;2*1-2/h2-11,13H,12H2,1H3;2*1-2H3. The molecule has 1 aliphatic heterocycles. The minimum atomic E-state index is -0.651. The Bertz CT molecular complexity index is 536. The third-order valence-corrected chi connectivity index (χ3v) is 3.78. The number of carbonyl (C=O) groups is 1. The van der Waals surface area contributed by atoms with Crippen molar-refractivity contribution in [1.29, 1.82) is 0 Å². The van der Waals surface area contributed by atoms with Crippen LogP contribution in [0.1, 0.15) is 52.2 Å². The van der Waals surface area contributed by atoms with E-state index < -0.39 is 5.41 Å². The molecule has 0 bridgehead atoms. The lowest BCUT2D eigenvalue weighted by Crippen LogP contribution is -2.32. The van der Waals surface area contributed by atoms with Gasteiger partial charge in [-0.25, -0.2) is 0 Å². The van der Waals surface area contributed by atoms with Gasteiger partial charge in [-0.05, 0) is 18.1 Å². The normalized spacial score (nSPS) is 18.0. The van der Waals surface area contributed by atoms with Crippen LogP contribution in [0.15, 0.2) is 60.7 Å². The van der Waals surface area contributed by atoms with Crippen LogP contribution in [0.5, 0.6) is 0 Å². The van der Waals surface area contributed by atoms with Crippen molar-refractivity contribution in [2.45, 2.75) is 52.6 Å². The first-order chi connectivity index (χ1) is 11.2. The fraction of sp³-hybridized carbons (Fsp3) is 0.381. The van der Waals surface area contributed by atoms with Gasteiger partial charge in [0.05, 0.1) is 0 Å². The van der Waals surface area contributed by atoms with Gasteiger partial charge in [-0.3, -0.25) is 4.79 Å². The molecule has 3 rings (SSSR count). The van der Waals surface area contributed by atoms with Crippen LogP contribution in [0.25, 0.3) is 0 Å². The Morgan fingerprint density at radius 3 is 1.52 bits per heavy atom. The van der Waals surface area contributed by atoms with Gasteiger partial charge in [0.1, 0.15) is 11.5 Å². The van der Waals surface area contributed by atoms with Crippen molar-refractivity contribution < 1.29 is 9.53 Å². The first-order valence-corrected chi connectivity index (χ1v) is 8.55. The fourth-order valence-electron chi connectivity index (χ4n) is 2.92. The summed E-state index contributed by atoms with van der Waals surface area (Å²) in [5.74, 6) is -0.141. The van der Waals surface area contributed by atoms with Crippen molar-refractivity contribution in [3.63, 3.8) is 0 Å². The van der Waals surface area contributed by atoms with Gasteiger partial charge in [0.25, 0.3) is 0 Å². The molecular formula is C21H28O2. The molecule has 0 spiro atoms. The van der Waals surface area contributed by atoms with E-state index in [-0.39, 0.29) is 12.1 Å². The van der Waals surface area contributed by atoms with Gasteiger partial charge < -0.3 is 4.74 Å². The second kappa shape index (κ2) is 9.14. The van der Waals surface area contributed by atoms with Crippen LogP contribution < -0.4 is 0 Å². The lowest BCUT2D eigenvalue weighted by Gasteiger charge is -2.26. The van der Waals surface area contributed by atoms with E-state index in [1.54, 1.807) is 0 Å². The number of ether oxygens (including phenoxy) is 1. The molecule has 0 N–H and O–H groups in total. The van der Waals surface area contributed by atoms with Crippen LogP contribution in [0.2, 0.25) is 0 Å². The van der Waals surface area contributed by atoms with E-state index in [9.17, 15) is 4.79 Å². The smallest absolute Gasteiger partial charge is 0.321 e. The second-order valence-corrected chi connectivity index (χ2v) is 5.06. The van der Waals surface area contributed by atoms with Crippen LogP contribution in [-0.4, -0.2) is 12.1 Å². The third kappa shape index (κ3) is 3.82. The second-order valence-electron chi connectivity index (χ2n) is 5.06. The van der Waals surface area contributed by atoms with E-state index in [0.29, 0.717) is 6.42 Å². The summed E-state index contributed by atoms with van der Waals surface area (Å²) in [4.78, 5) is 12.5. The molecule has 1 atom stereocenters. The predicted molar refractivity (Wildman–Crippen MR) is 96.5 cm³/mol. The Hall–Kier alpha value is -2.09. The minimum absolute atomic E-state index is 0.0482. The van der Waals surface area contributed by atoms with Gasteiger partial charge in [-0.15, -0.1) is 0 Å². The van der Waals surface area contributed by atoms with Crippen LogP contribution >= 0.6 is 0 Å². The molecule has 0 radical (unpaired) electrons. The molecule has 1 saturated heterocycles. The molecule has 0 saturated carbocycles. The molecule has 0 amide bonds. The predicted octanol–water partition coefficient (Wildman–Crippen LogP) is 5.36. The summed E-state index contributed by atoms with van der Waals surface area (Å²) in [6.45, 7) is 9.95. The van der Waals surface area contributed by atoms with E-state index in [0.717, 1.165) is 11.1 Å². The maximum absolute atomic E-state index is 12.5. The molecule has 1 heterocycles. The Kier molecular flexibility index (Phi) is 7.53. The Morgan fingerprint density at radius 1 is 0.826 bits per heavy atom. The van der Waals surface area contributed by atoms with Crippen molar-refractivity contribution in [3.05, 3.63) is 71.8 Å². The topological polar surface area (TPSA) is 26.3 Å². The number of esters is 1. The number of rotatable bonds is 2. The van der Waals surface area contributed by atoms with Crippen LogP contribution in [0.3, 0.4) is 0 Å². The Labute approximate surface area is 140 Å². The maximum atomic E-state index is 12.5.